The van der Waals surface area contributed by atoms with Gasteiger partial charge in [-0.25, -0.2) is 4.79 Å². The highest BCUT2D eigenvalue weighted by Crippen LogP contribution is 2.27. The van der Waals surface area contributed by atoms with Crippen LogP contribution in [-0.2, 0) is 11.2 Å². The summed E-state index contributed by atoms with van der Waals surface area (Å²) in [6, 6.07) is 11.3. The Morgan fingerprint density at radius 3 is 3.08 bits per heavy atom. The number of hydrogen-bond acceptors (Lipinski definition) is 3. The molecule has 2 aromatic heterocycles. The number of carbonyl (C=O) groups excluding carboxylic acids is 1. The fraction of sp³-hybridized carbons (Fsp3) is 0.316. The van der Waals surface area contributed by atoms with Crippen molar-refractivity contribution in [1.82, 2.24) is 9.88 Å². The summed E-state index contributed by atoms with van der Waals surface area (Å²) in [6.45, 7) is 3.55. The maximum absolute atomic E-state index is 12.8. The number of aromatic amines is 1. The molecule has 6 nitrogen and oxygen atoms in total. The fourth-order valence-corrected chi connectivity index (χ4v) is 3.17. The smallest absolute Gasteiger partial charge is 0.322 e. The first kappa shape index (κ1) is 15.8. The first-order chi connectivity index (χ1) is 12.2. The second-order valence-electron chi connectivity index (χ2n) is 6.15. The highest BCUT2D eigenvalue weighted by molar-refractivity contribution is 5.93. The molecule has 4 rings (SSSR count). The average molecular weight is 339 g/mol. The van der Waals surface area contributed by atoms with Crippen LogP contribution in [-0.4, -0.2) is 35.7 Å². The summed E-state index contributed by atoms with van der Waals surface area (Å²) in [5, 5.41) is 4.05. The van der Waals surface area contributed by atoms with Crippen LogP contribution in [0.15, 0.2) is 47.0 Å². The Kier molecular flexibility index (Phi) is 4.19. The molecule has 3 heterocycles. The molecule has 3 aromatic rings. The summed E-state index contributed by atoms with van der Waals surface area (Å²) in [4.78, 5) is 17.7. The third kappa shape index (κ3) is 3.13. The molecule has 1 atom stereocenters. The van der Waals surface area contributed by atoms with E-state index in [0.29, 0.717) is 19.8 Å². The van der Waals surface area contributed by atoms with E-state index in [-0.39, 0.29) is 12.1 Å². The minimum atomic E-state index is -0.204. The third-order valence-corrected chi connectivity index (χ3v) is 4.55. The summed E-state index contributed by atoms with van der Waals surface area (Å²) >= 11 is 0. The van der Waals surface area contributed by atoms with Gasteiger partial charge in [0.1, 0.15) is 17.6 Å². The van der Waals surface area contributed by atoms with Gasteiger partial charge in [0.2, 0.25) is 0 Å². The van der Waals surface area contributed by atoms with Gasteiger partial charge in [-0.05, 0) is 36.4 Å². The zero-order chi connectivity index (χ0) is 17.2. The highest BCUT2D eigenvalue weighted by Gasteiger charge is 2.31. The second kappa shape index (κ2) is 6.64. The van der Waals surface area contributed by atoms with Crippen LogP contribution < -0.4 is 5.32 Å². The molecule has 130 valence electrons. The number of benzene rings is 1. The van der Waals surface area contributed by atoms with Crippen molar-refractivity contribution < 1.29 is 13.9 Å². The minimum absolute atomic E-state index is 0.141. The van der Waals surface area contributed by atoms with Crippen molar-refractivity contribution in [3.63, 3.8) is 0 Å². The van der Waals surface area contributed by atoms with Crippen LogP contribution >= 0.6 is 0 Å². The highest BCUT2D eigenvalue weighted by atomic mass is 16.5. The van der Waals surface area contributed by atoms with Crippen LogP contribution in [0.5, 0.6) is 0 Å². The van der Waals surface area contributed by atoms with Crippen LogP contribution in [0.2, 0.25) is 0 Å². The van der Waals surface area contributed by atoms with E-state index in [1.807, 2.05) is 49.5 Å². The van der Waals surface area contributed by atoms with Crippen LogP contribution in [0.4, 0.5) is 10.5 Å². The molecule has 6 heteroatoms. The first-order valence-electron chi connectivity index (χ1n) is 8.55. The molecule has 0 radical (unpaired) electrons. The number of amides is 2. The number of urea groups is 1. The van der Waals surface area contributed by atoms with Gasteiger partial charge in [-0.1, -0.05) is 6.92 Å². The maximum atomic E-state index is 12.8. The molecule has 1 fully saturated rings. The quantitative estimate of drug-likeness (QED) is 0.759. The van der Waals surface area contributed by atoms with Gasteiger partial charge in [0.25, 0.3) is 0 Å². The average Bonchev–Trinajstić information content (AvgIpc) is 3.30. The molecular weight excluding hydrogens is 318 g/mol. The van der Waals surface area contributed by atoms with Crippen molar-refractivity contribution in [1.29, 1.82) is 0 Å². The molecule has 0 unspecified atom stereocenters. The molecule has 0 aliphatic carbocycles. The predicted octanol–water partition coefficient (Wildman–Crippen LogP) is 3.93. The van der Waals surface area contributed by atoms with E-state index in [9.17, 15) is 4.79 Å². The lowest BCUT2D eigenvalue weighted by Gasteiger charge is -2.34. The lowest BCUT2D eigenvalue weighted by molar-refractivity contribution is 0.00702. The van der Waals surface area contributed by atoms with E-state index < -0.39 is 0 Å². The lowest BCUT2D eigenvalue weighted by Crippen LogP contribution is -2.45. The number of anilines is 1. The van der Waals surface area contributed by atoms with E-state index >= 15 is 0 Å². The molecule has 0 spiro atoms. The number of rotatable bonds is 3. The summed E-state index contributed by atoms with van der Waals surface area (Å²) in [5.74, 6) is 1.69. The van der Waals surface area contributed by atoms with Crippen molar-refractivity contribution in [2.24, 2.45) is 0 Å². The zero-order valence-corrected chi connectivity index (χ0v) is 14.1. The largest absolute Gasteiger partial charge is 0.464 e. The molecule has 0 saturated carbocycles. The van der Waals surface area contributed by atoms with E-state index in [4.69, 9.17) is 9.15 Å². The summed E-state index contributed by atoms with van der Waals surface area (Å²) < 4.78 is 11.4. The van der Waals surface area contributed by atoms with E-state index in [2.05, 4.69) is 10.3 Å². The number of fused-ring (bicyclic) bond motifs is 1. The normalized spacial score (nSPS) is 17.8. The number of nitrogens with one attached hydrogen (secondary N) is 2. The Labute approximate surface area is 145 Å². The molecule has 2 amide bonds. The van der Waals surface area contributed by atoms with Gasteiger partial charge in [-0.2, -0.15) is 0 Å². The standard InChI is InChI=1S/C19H21N3O3/c1-2-15-4-6-18(25-15)17-12-24-10-9-22(17)19(23)21-14-3-5-16-13(11-14)7-8-20-16/h3-8,11,17,20H,2,9-10,12H2,1H3,(H,21,23)/t17-/m1/s1. The van der Waals surface area contributed by atoms with Crippen molar-refractivity contribution in [2.75, 3.05) is 25.1 Å². The predicted molar refractivity (Wildman–Crippen MR) is 95.7 cm³/mol. The first-order valence-corrected chi connectivity index (χ1v) is 8.55. The molecule has 1 aromatic carbocycles. The Morgan fingerprint density at radius 2 is 2.24 bits per heavy atom. The molecule has 1 aliphatic heterocycles. The number of furan rings is 1. The Hall–Kier alpha value is -2.73. The van der Waals surface area contributed by atoms with E-state index in [1.54, 1.807) is 4.90 Å². The van der Waals surface area contributed by atoms with Gasteiger partial charge in [0.15, 0.2) is 0 Å². The summed E-state index contributed by atoms with van der Waals surface area (Å²) in [6.07, 6.45) is 2.72. The third-order valence-electron chi connectivity index (χ3n) is 4.55. The number of hydrogen-bond donors (Lipinski definition) is 2. The molecule has 1 saturated heterocycles. The van der Waals surface area contributed by atoms with Gasteiger partial charge in [0, 0.05) is 35.8 Å². The van der Waals surface area contributed by atoms with E-state index in [0.717, 1.165) is 34.5 Å². The molecule has 2 N–H and O–H groups in total. The van der Waals surface area contributed by atoms with Crippen molar-refractivity contribution in [2.45, 2.75) is 19.4 Å². The number of morpholine rings is 1. The molecule has 1 aliphatic rings. The van der Waals surface area contributed by atoms with Gasteiger partial charge in [-0.3, -0.25) is 0 Å². The lowest BCUT2D eigenvalue weighted by atomic mass is 10.2. The van der Waals surface area contributed by atoms with Crippen LogP contribution in [0, 0.1) is 0 Å². The summed E-state index contributed by atoms with van der Waals surface area (Å²) in [5.41, 5.74) is 1.82. The molecule has 0 bridgehead atoms. The van der Waals surface area contributed by atoms with E-state index in [1.165, 1.54) is 0 Å². The van der Waals surface area contributed by atoms with Crippen molar-refractivity contribution in [3.8, 4) is 0 Å². The van der Waals surface area contributed by atoms with Gasteiger partial charge in [0.05, 0.1) is 13.2 Å². The maximum Gasteiger partial charge on any atom is 0.322 e. The Balaban J connectivity index is 1.53. The number of aromatic nitrogens is 1. The van der Waals surface area contributed by atoms with Crippen LogP contribution in [0.1, 0.15) is 24.5 Å². The Bertz CT molecular complexity index is 883. The van der Waals surface area contributed by atoms with Gasteiger partial charge >= 0.3 is 6.03 Å². The monoisotopic (exact) mass is 339 g/mol. The molecule has 25 heavy (non-hydrogen) atoms. The number of H-pyrrole nitrogens is 1. The van der Waals surface area contributed by atoms with Gasteiger partial charge < -0.3 is 24.4 Å². The summed E-state index contributed by atoms with van der Waals surface area (Å²) in [7, 11) is 0. The van der Waals surface area contributed by atoms with Crippen molar-refractivity contribution in [3.05, 3.63) is 54.1 Å². The number of carbonyl (C=O) groups is 1. The second-order valence-corrected chi connectivity index (χ2v) is 6.15. The number of aryl methyl sites for hydroxylation is 1. The molecular formula is C19H21N3O3. The SMILES string of the molecule is CCc1ccc([C@H]2COCCN2C(=O)Nc2ccc3[nH]ccc3c2)o1. The minimum Gasteiger partial charge on any atom is -0.464 e. The van der Waals surface area contributed by atoms with Crippen LogP contribution in [0.25, 0.3) is 10.9 Å². The van der Waals surface area contributed by atoms with Crippen LogP contribution in [0.3, 0.4) is 0 Å². The topological polar surface area (TPSA) is 70.5 Å². The number of nitrogens with zero attached hydrogens (tertiary/aromatic N) is 1. The number of ether oxygens (including phenoxy) is 1. The zero-order valence-electron chi connectivity index (χ0n) is 14.1. The fourth-order valence-electron chi connectivity index (χ4n) is 3.17. The van der Waals surface area contributed by atoms with Gasteiger partial charge in [-0.15, -0.1) is 0 Å². The van der Waals surface area contributed by atoms with Crippen molar-refractivity contribution >= 4 is 22.6 Å². The Morgan fingerprint density at radius 1 is 1.32 bits per heavy atom.